The lowest BCUT2D eigenvalue weighted by atomic mass is 10.0. The fraction of sp³-hybridized carbons (Fsp3) is 0.312. The van der Waals surface area contributed by atoms with Crippen molar-refractivity contribution in [2.45, 2.75) is 32.4 Å². The molecule has 2 atom stereocenters. The van der Waals surface area contributed by atoms with E-state index in [4.69, 9.17) is 5.11 Å². The molecule has 1 heterocycles. The molecule has 1 unspecified atom stereocenters. The summed E-state index contributed by atoms with van der Waals surface area (Å²) in [6.45, 7) is 2.69. The third-order valence-corrected chi connectivity index (χ3v) is 3.52. The van der Waals surface area contributed by atoms with Crippen LogP contribution in [0.5, 0.6) is 0 Å². The molecule has 2 rings (SSSR count). The molecule has 0 aliphatic rings. The molecule has 0 aliphatic heterocycles. The fourth-order valence-electron chi connectivity index (χ4n) is 2.35. The van der Waals surface area contributed by atoms with Crippen molar-refractivity contribution in [3.05, 3.63) is 36.0 Å². The molecule has 0 spiro atoms. The van der Waals surface area contributed by atoms with E-state index in [9.17, 15) is 14.4 Å². The largest absolute Gasteiger partial charge is 0.480 e. The molecular formula is C16H19N3O4. The number of carboxylic acid groups (broad SMARTS) is 1. The van der Waals surface area contributed by atoms with Crippen LogP contribution in [0.4, 0.5) is 0 Å². The van der Waals surface area contributed by atoms with E-state index in [-0.39, 0.29) is 12.3 Å². The minimum Gasteiger partial charge on any atom is -0.480 e. The van der Waals surface area contributed by atoms with Gasteiger partial charge in [0.2, 0.25) is 11.8 Å². The first-order valence-corrected chi connectivity index (χ1v) is 7.23. The summed E-state index contributed by atoms with van der Waals surface area (Å²) in [5.41, 5.74) is 1.81. The lowest BCUT2D eigenvalue weighted by Crippen LogP contribution is -2.51. The van der Waals surface area contributed by atoms with Crippen LogP contribution in [0.15, 0.2) is 30.5 Å². The molecule has 0 bridgehead atoms. The number of amides is 2. The standard InChI is InChI=1S/C16H19N3O4/c1-9(16(22)23)18-15(21)14(19-10(2)20)7-11-8-17-13-6-4-3-5-12(11)13/h3-6,8-9,14,17H,7H2,1-2H3,(H,18,21)(H,19,20)(H,22,23)/t9-,14?/m0/s1. The maximum Gasteiger partial charge on any atom is 0.325 e. The Morgan fingerprint density at radius 2 is 1.91 bits per heavy atom. The molecule has 0 aliphatic carbocycles. The van der Waals surface area contributed by atoms with Gasteiger partial charge in [-0.3, -0.25) is 14.4 Å². The van der Waals surface area contributed by atoms with Crippen molar-refractivity contribution in [1.82, 2.24) is 15.6 Å². The van der Waals surface area contributed by atoms with Gasteiger partial charge in [0.05, 0.1) is 0 Å². The molecule has 1 aromatic carbocycles. The van der Waals surface area contributed by atoms with Crippen LogP contribution in [0.25, 0.3) is 10.9 Å². The summed E-state index contributed by atoms with van der Waals surface area (Å²) in [6.07, 6.45) is 2.05. The molecule has 0 fully saturated rings. The molecule has 122 valence electrons. The number of H-pyrrole nitrogens is 1. The summed E-state index contributed by atoms with van der Waals surface area (Å²) in [4.78, 5) is 37.6. The normalized spacial score (nSPS) is 13.3. The maximum atomic E-state index is 12.3. The van der Waals surface area contributed by atoms with E-state index in [1.807, 2.05) is 24.3 Å². The lowest BCUT2D eigenvalue weighted by molar-refractivity contribution is -0.141. The Hall–Kier alpha value is -2.83. The zero-order valence-electron chi connectivity index (χ0n) is 12.9. The van der Waals surface area contributed by atoms with Crippen LogP contribution < -0.4 is 10.6 Å². The molecule has 4 N–H and O–H groups in total. The number of carboxylic acids is 1. The van der Waals surface area contributed by atoms with Crippen LogP contribution >= 0.6 is 0 Å². The van der Waals surface area contributed by atoms with Gasteiger partial charge in [-0.15, -0.1) is 0 Å². The van der Waals surface area contributed by atoms with E-state index in [1.165, 1.54) is 13.8 Å². The second-order valence-electron chi connectivity index (χ2n) is 5.39. The number of aliphatic carboxylic acids is 1. The van der Waals surface area contributed by atoms with Crippen LogP contribution in [0.3, 0.4) is 0 Å². The van der Waals surface area contributed by atoms with E-state index in [0.717, 1.165) is 16.5 Å². The number of carbonyl (C=O) groups excluding carboxylic acids is 2. The highest BCUT2D eigenvalue weighted by atomic mass is 16.4. The summed E-state index contributed by atoms with van der Waals surface area (Å²) in [5, 5.41) is 14.8. The number of nitrogens with one attached hydrogen (secondary N) is 3. The van der Waals surface area contributed by atoms with Crippen LogP contribution in [-0.2, 0) is 20.8 Å². The van der Waals surface area contributed by atoms with Gasteiger partial charge in [-0.2, -0.15) is 0 Å². The quantitative estimate of drug-likeness (QED) is 0.631. The van der Waals surface area contributed by atoms with Crippen LogP contribution in [0.2, 0.25) is 0 Å². The fourth-order valence-corrected chi connectivity index (χ4v) is 2.35. The van der Waals surface area contributed by atoms with Gasteiger partial charge in [0.15, 0.2) is 0 Å². The number of hydrogen-bond acceptors (Lipinski definition) is 3. The second-order valence-corrected chi connectivity index (χ2v) is 5.39. The Morgan fingerprint density at radius 3 is 2.57 bits per heavy atom. The smallest absolute Gasteiger partial charge is 0.325 e. The predicted molar refractivity (Wildman–Crippen MR) is 84.8 cm³/mol. The summed E-state index contributed by atoms with van der Waals surface area (Å²) in [6, 6.07) is 5.76. The number of fused-ring (bicyclic) bond motifs is 1. The van der Waals surface area contributed by atoms with E-state index < -0.39 is 24.0 Å². The molecule has 23 heavy (non-hydrogen) atoms. The number of aromatic nitrogens is 1. The molecule has 7 nitrogen and oxygen atoms in total. The molecule has 2 aromatic rings. The zero-order chi connectivity index (χ0) is 17.0. The van der Waals surface area contributed by atoms with Crippen molar-refractivity contribution in [2.24, 2.45) is 0 Å². The Kier molecular flexibility index (Phi) is 5.00. The second kappa shape index (κ2) is 6.95. The third-order valence-electron chi connectivity index (χ3n) is 3.52. The molecule has 0 radical (unpaired) electrons. The average molecular weight is 317 g/mol. The zero-order valence-corrected chi connectivity index (χ0v) is 12.9. The van der Waals surface area contributed by atoms with E-state index >= 15 is 0 Å². The maximum absolute atomic E-state index is 12.3. The minimum atomic E-state index is -1.13. The Morgan fingerprint density at radius 1 is 1.22 bits per heavy atom. The Balaban J connectivity index is 2.19. The number of benzene rings is 1. The van der Waals surface area contributed by atoms with Gasteiger partial charge in [0.1, 0.15) is 12.1 Å². The summed E-state index contributed by atoms with van der Waals surface area (Å²) in [7, 11) is 0. The Labute approximate surface area is 133 Å². The first kappa shape index (κ1) is 16.5. The predicted octanol–water partition coefficient (Wildman–Crippen LogP) is 0.804. The SMILES string of the molecule is CC(=O)NC(Cc1c[nH]c2ccccc12)C(=O)N[C@@H](C)C(=O)O. The molecule has 1 aromatic heterocycles. The topological polar surface area (TPSA) is 111 Å². The van der Waals surface area contributed by atoms with Crippen molar-refractivity contribution < 1.29 is 19.5 Å². The highest BCUT2D eigenvalue weighted by Crippen LogP contribution is 2.19. The van der Waals surface area contributed by atoms with Gasteiger partial charge in [0.25, 0.3) is 0 Å². The minimum absolute atomic E-state index is 0.266. The molecular weight excluding hydrogens is 298 g/mol. The molecule has 0 saturated heterocycles. The van der Waals surface area contributed by atoms with E-state index in [2.05, 4.69) is 15.6 Å². The first-order chi connectivity index (χ1) is 10.9. The first-order valence-electron chi connectivity index (χ1n) is 7.23. The van der Waals surface area contributed by atoms with Crippen molar-refractivity contribution in [3.63, 3.8) is 0 Å². The number of aromatic amines is 1. The van der Waals surface area contributed by atoms with Crippen LogP contribution in [-0.4, -0.2) is 40.0 Å². The van der Waals surface area contributed by atoms with Crippen molar-refractivity contribution in [2.75, 3.05) is 0 Å². The van der Waals surface area contributed by atoms with E-state index in [1.54, 1.807) is 6.20 Å². The number of para-hydroxylation sites is 1. The van der Waals surface area contributed by atoms with Crippen molar-refractivity contribution in [3.8, 4) is 0 Å². The monoisotopic (exact) mass is 317 g/mol. The summed E-state index contributed by atoms with van der Waals surface area (Å²) < 4.78 is 0. The molecule has 0 saturated carbocycles. The molecule has 7 heteroatoms. The van der Waals surface area contributed by atoms with Crippen molar-refractivity contribution in [1.29, 1.82) is 0 Å². The van der Waals surface area contributed by atoms with Gasteiger partial charge in [-0.05, 0) is 18.6 Å². The Bertz CT molecular complexity index is 738. The van der Waals surface area contributed by atoms with Crippen molar-refractivity contribution >= 4 is 28.7 Å². The summed E-state index contributed by atoms with van der Waals surface area (Å²) in [5.74, 6) is -2.01. The molecule has 2 amide bonds. The van der Waals surface area contributed by atoms with Gasteiger partial charge in [0, 0.05) is 30.4 Å². The number of rotatable bonds is 6. The van der Waals surface area contributed by atoms with Gasteiger partial charge < -0.3 is 20.7 Å². The van der Waals surface area contributed by atoms with Crippen LogP contribution in [0.1, 0.15) is 19.4 Å². The van der Waals surface area contributed by atoms with Gasteiger partial charge in [-0.1, -0.05) is 18.2 Å². The third kappa shape index (κ3) is 4.09. The lowest BCUT2D eigenvalue weighted by Gasteiger charge is -2.19. The average Bonchev–Trinajstić information content (AvgIpc) is 2.89. The number of hydrogen-bond donors (Lipinski definition) is 4. The van der Waals surface area contributed by atoms with Gasteiger partial charge >= 0.3 is 5.97 Å². The summed E-state index contributed by atoms with van der Waals surface area (Å²) >= 11 is 0. The van der Waals surface area contributed by atoms with Gasteiger partial charge in [-0.25, -0.2) is 0 Å². The highest BCUT2D eigenvalue weighted by molar-refractivity contribution is 5.91. The van der Waals surface area contributed by atoms with E-state index in [0.29, 0.717) is 0 Å². The van der Waals surface area contributed by atoms with Crippen LogP contribution in [0, 0.1) is 0 Å². The number of carbonyl (C=O) groups is 3. The highest BCUT2D eigenvalue weighted by Gasteiger charge is 2.24.